The molecular formula is C12H20O8. The average Bonchev–Trinajstić information content (AvgIpc) is 2.39. The monoisotopic (exact) mass is 292 g/mol. The van der Waals surface area contributed by atoms with Crippen molar-refractivity contribution in [3.63, 3.8) is 0 Å². The number of carbonyl (C=O) groups excluding carboxylic acids is 1. The Morgan fingerprint density at radius 2 is 1.40 bits per heavy atom. The van der Waals surface area contributed by atoms with E-state index in [0.717, 1.165) is 0 Å². The highest BCUT2D eigenvalue weighted by Gasteiger charge is 2.04. The first-order valence-corrected chi connectivity index (χ1v) is 5.85. The van der Waals surface area contributed by atoms with Gasteiger partial charge in [0, 0.05) is 0 Å². The lowest BCUT2D eigenvalue weighted by atomic mass is 10.6. The van der Waals surface area contributed by atoms with Crippen molar-refractivity contribution in [2.45, 2.75) is 0 Å². The van der Waals surface area contributed by atoms with Crippen molar-refractivity contribution in [1.82, 2.24) is 0 Å². The van der Waals surface area contributed by atoms with E-state index >= 15 is 0 Å². The van der Waals surface area contributed by atoms with Crippen molar-refractivity contribution in [3.8, 4) is 0 Å². The zero-order valence-corrected chi connectivity index (χ0v) is 11.2. The van der Waals surface area contributed by atoms with Crippen molar-refractivity contribution in [1.29, 1.82) is 0 Å². The van der Waals surface area contributed by atoms with Crippen molar-refractivity contribution >= 4 is 5.97 Å². The molecule has 0 amide bonds. The minimum absolute atomic E-state index is 0.0282. The Morgan fingerprint density at radius 3 is 1.95 bits per heavy atom. The highest BCUT2D eigenvalue weighted by Crippen LogP contribution is 1.89. The molecule has 2 N–H and O–H groups in total. The summed E-state index contributed by atoms with van der Waals surface area (Å²) in [5, 5.41) is 17.3. The molecule has 20 heavy (non-hydrogen) atoms. The second-order valence-corrected chi connectivity index (χ2v) is 3.46. The smallest absolute Gasteiger partial charge is 0.372 e. The molecule has 8 nitrogen and oxygen atoms in total. The molecule has 0 fully saturated rings. The molecule has 0 saturated carbocycles. The summed E-state index contributed by atoms with van der Waals surface area (Å²) in [6, 6.07) is 0. The number of hydrogen-bond donors (Lipinski definition) is 2. The molecule has 116 valence electrons. The van der Waals surface area contributed by atoms with Gasteiger partial charge in [0.05, 0.1) is 26.4 Å². The first-order chi connectivity index (χ1) is 9.54. The first kappa shape index (κ1) is 18.4. The fourth-order valence-corrected chi connectivity index (χ4v) is 0.860. The Bertz CT molecular complexity index is 302. The summed E-state index contributed by atoms with van der Waals surface area (Å²) in [6.45, 7) is 7.55. The van der Waals surface area contributed by atoms with Crippen LogP contribution in [0.2, 0.25) is 0 Å². The molecule has 0 radical (unpaired) electrons. The second kappa shape index (κ2) is 12.4. The lowest BCUT2D eigenvalue weighted by Gasteiger charge is -2.06. The van der Waals surface area contributed by atoms with Crippen molar-refractivity contribution < 1.29 is 39.0 Å². The molecule has 0 heterocycles. The van der Waals surface area contributed by atoms with Gasteiger partial charge in [-0.05, 0) is 6.58 Å². The van der Waals surface area contributed by atoms with Gasteiger partial charge in [0.15, 0.2) is 5.76 Å². The zero-order valence-electron chi connectivity index (χ0n) is 11.2. The predicted octanol–water partition coefficient (Wildman–Crippen LogP) is 0.654. The van der Waals surface area contributed by atoms with E-state index in [1.165, 1.54) is 0 Å². The molecule has 0 aromatic heterocycles. The third-order valence-electron chi connectivity index (χ3n) is 1.69. The minimum atomic E-state index is -0.868. The molecule has 0 spiro atoms. The van der Waals surface area contributed by atoms with Crippen LogP contribution in [0.25, 0.3) is 0 Å². The fourth-order valence-electron chi connectivity index (χ4n) is 0.860. The van der Waals surface area contributed by atoms with Crippen LogP contribution in [0, 0.1) is 0 Å². The van der Waals surface area contributed by atoms with Crippen molar-refractivity contribution in [3.05, 3.63) is 24.7 Å². The van der Waals surface area contributed by atoms with Gasteiger partial charge in [-0.15, -0.1) is 0 Å². The molecule has 0 rings (SSSR count). The zero-order chi connectivity index (χ0) is 15.2. The standard InChI is InChI=1S/C12H20O8/c1-10(13)9-20-19-8-6-17-4-3-16-5-7-18-12(15)11(2)14/h13-14H,1-9H2. The van der Waals surface area contributed by atoms with Gasteiger partial charge in [-0.25, -0.2) is 14.6 Å². The Hall–Kier alpha value is -1.61. The van der Waals surface area contributed by atoms with E-state index in [1.807, 2.05) is 0 Å². The number of esters is 1. The molecular weight excluding hydrogens is 272 g/mol. The van der Waals surface area contributed by atoms with Gasteiger partial charge in [-0.3, -0.25) is 0 Å². The quantitative estimate of drug-likeness (QED) is 0.127. The number of rotatable bonds is 13. The lowest BCUT2D eigenvalue weighted by molar-refractivity contribution is -0.296. The summed E-state index contributed by atoms with van der Waals surface area (Å²) >= 11 is 0. The molecule has 0 aliphatic rings. The van der Waals surface area contributed by atoms with E-state index < -0.39 is 11.7 Å². The maximum atomic E-state index is 10.7. The van der Waals surface area contributed by atoms with Crippen LogP contribution < -0.4 is 0 Å². The van der Waals surface area contributed by atoms with Crippen molar-refractivity contribution in [2.24, 2.45) is 0 Å². The molecule has 0 aliphatic heterocycles. The average molecular weight is 292 g/mol. The van der Waals surface area contributed by atoms with Gasteiger partial charge in [0.1, 0.15) is 25.6 Å². The third-order valence-corrected chi connectivity index (χ3v) is 1.69. The summed E-state index contributed by atoms with van der Waals surface area (Å²) < 4.78 is 14.8. The highest BCUT2D eigenvalue weighted by atomic mass is 17.2. The summed E-state index contributed by atoms with van der Waals surface area (Å²) in [6.07, 6.45) is 0. The highest BCUT2D eigenvalue weighted by molar-refractivity contribution is 5.84. The van der Waals surface area contributed by atoms with Gasteiger partial charge < -0.3 is 24.4 Å². The van der Waals surface area contributed by atoms with Gasteiger partial charge in [0.2, 0.25) is 0 Å². The Labute approximate surface area is 117 Å². The molecule has 0 aromatic rings. The van der Waals surface area contributed by atoms with E-state index in [2.05, 4.69) is 27.7 Å². The van der Waals surface area contributed by atoms with Crippen LogP contribution in [0.4, 0.5) is 0 Å². The first-order valence-electron chi connectivity index (χ1n) is 5.85. The van der Waals surface area contributed by atoms with Crippen LogP contribution in [0.3, 0.4) is 0 Å². The maximum Gasteiger partial charge on any atom is 0.372 e. The van der Waals surface area contributed by atoms with Crippen LogP contribution >= 0.6 is 0 Å². The Kier molecular flexibility index (Phi) is 11.4. The number of carbonyl (C=O) groups is 1. The van der Waals surface area contributed by atoms with E-state index in [4.69, 9.17) is 19.7 Å². The number of hydrogen-bond acceptors (Lipinski definition) is 8. The van der Waals surface area contributed by atoms with Crippen LogP contribution in [0.5, 0.6) is 0 Å². The third kappa shape index (κ3) is 12.8. The predicted molar refractivity (Wildman–Crippen MR) is 68.0 cm³/mol. The van der Waals surface area contributed by atoms with Gasteiger partial charge in [-0.2, -0.15) is 0 Å². The summed E-state index contributed by atoms with van der Waals surface area (Å²) in [5.74, 6) is -1.63. The summed E-state index contributed by atoms with van der Waals surface area (Å²) in [7, 11) is 0. The van der Waals surface area contributed by atoms with Gasteiger partial charge in [-0.1, -0.05) is 6.58 Å². The molecule has 0 bridgehead atoms. The number of aliphatic hydroxyl groups excluding tert-OH is 2. The Morgan fingerprint density at radius 1 is 0.850 bits per heavy atom. The molecule has 0 aliphatic carbocycles. The van der Waals surface area contributed by atoms with Crippen LogP contribution in [0.15, 0.2) is 24.7 Å². The SMILES string of the molecule is C=C(O)COOCCOCCOCCOC(=O)C(=C)O. The lowest BCUT2D eigenvalue weighted by Crippen LogP contribution is -2.14. The van der Waals surface area contributed by atoms with Gasteiger partial charge in [0.25, 0.3) is 0 Å². The normalized spacial score (nSPS) is 10.2. The van der Waals surface area contributed by atoms with Crippen molar-refractivity contribution in [2.75, 3.05) is 46.2 Å². The number of aliphatic hydroxyl groups is 2. The molecule has 0 aromatic carbocycles. The van der Waals surface area contributed by atoms with E-state index in [1.54, 1.807) is 0 Å². The maximum absolute atomic E-state index is 10.7. The van der Waals surface area contributed by atoms with Gasteiger partial charge >= 0.3 is 5.97 Å². The van der Waals surface area contributed by atoms with Crippen LogP contribution in [-0.4, -0.2) is 62.4 Å². The van der Waals surface area contributed by atoms with Crippen LogP contribution in [-0.2, 0) is 28.8 Å². The fraction of sp³-hybridized carbons (Fsp3) is 0.583. The molecule has 8 heteroatoms. The van der Waals surface area contributed by atoms with Crippen LogP contribution in [0.1, 0.15) is 0 Å². The van der Waals surface area contributed by atoms with E-state index in [-0.39, 0.29) is 32.2 Å². The second-order valence-electron chi connectivity index (χ2n) is 3.46. The van der Waals surface area contributed by atoms with E-state index in [9.17, 15) is 4.79 Å². The molecule has 0 unspecified atom stereocenters. The largest absolute Gasteiger partial charge is 0.510 e. The van der Waals surface area contributed by atoms with E-state index in [0.29, 0.717) is 19.8 Å². The topological polar surface area (TPSA) is 104 Å². The summed E-state index contributed by atoms with van der Waals surface area (Å²) in [5.41, 5.74) is 0. The molecule has 0 atom stereocenters. The minimum Gasteiger partial charge on any atom is -0.510 e. The summed E-state index contributed by atoms with van der Waals surface area (Å²) in [4.78, 5) is 20.0. The number of ether oxygens (including phenoxy) is 3. The molecule has 0 saturated heterocycles. The Balaban J connectivity index is 3.12.